The summed E-state index contributed by atoms with van der Waals surface area (Å²) >= 11 is 0. The van der Waals surface area contributed by atoms with Crippen LogP contribution in [0.5, 0.6) is 17.2 Å². The molecule has 1 aromatic heterocycles. The highest BCUT2D eigenvalue weighted by Crippen LogP contribution is 2.38. The first-order chi connectivity index (χ1) is 14.5. The molecule has 0 N–H and O–H groups in total. The first-order valence-electron chi connectivity index (χ1n) is 9.36. The number of rotatable bonds is 8. The zero-order valence-electron chi connectivity index (χ0n) is 17.6. The number of esters is 1. The zero-order chi connectivity index (χ0) is 21.7. The Morgan fingerprint density at radius 1 is 1.00 bits per heavy atom. The highest BCUT2D eigenvalue weighted by Gasteiger charge is 2.19. The van der Waals surface area contributed by atoms with Crippen LogP contribution in [0.15, 0.2) is 40.9 Å². The van der Waals surface area contributed by atoms with Gasteiger partial charge in [0.2, 0.25) is 11.6 Å². The highest BCUT2D eigenvalue weighted by molar-refractivity contribution is 5.91. The van der Waals surface area contributed by atoms with Crippen molar-refractivity contribution in [1.82, 2.24) is 10.1 Å². The number of ether oxygens (including phenoxy) is 4. The fourth-order valence-corrected chi connectivity index (χ4v) is 2.86. The SMILES string of the molecule is COc1cc(C(=O)OCc2nc(-c3ccc(C(C)C)cc3)no2)cc(OC)c1OC. The molecule has 0 fully saturated rings. The summed E-state index contributed by atoms with van der Waals surface area (Å²) in [6, 6.07) is 11.0. The lowest BCUT2D eigenvalue weighted by Gasteiger charge is -2.13. The molecule has 0 spiro atoms. The summed E-state index contributed by atoms with van der Waals surface area (Å²) < 4.78 is 26.3. The van der Waals surface area contributed by atoms with Crippen LogP contribution < -0.4 is 14.2 Å². The molecule has 0 saturated carbocycles. The van der Waals surface area contributed by atoms with E-state index in [0.29, 0.717) is 29.0 Å². The second-order valence-corrected chi connectivity index (χ2v) is 6.78. The molecular weight excluding hydrogens is 388 g/mol. The summed E-state index contributed by atoms with van der Waals surface area (Å²) in [5.74, 6) is 1.58. The van der Waals surface area contributed by atoms with Gasteiger partial charge in [-0.3, -0.25) is 0 Å². The van der Waals surface area contributed by atoms with Gasteiger partial charge < -0.3 is 23.5 Å². The fraction of sp³-hybridized carbons (Fsp3) is 0.318. The Hall–Kier alpha value is -3.55. The lowest BCUT2D eigenvalue weighted by molar-refractivity contribution is 0.0429. The number of aromatic nitrogens is 2. The van der Waals surface area contributed by atoms with Gasteiger partial charge in [-0.25, -0.2) is 4.79 Å². The van der Waals surface area contributed by atoms with E-state index in [1.54, 1.807) is 0 Å². The van der Waals surface area contributed by atoms with Gasteiger partial charge >= 0.3 is 5.97 Å². The number of nitrogens with zero attached hydrogens (tertiary/aromatic N) is 2. The monoisotopic (exact) mass is 412 g/mol. The fourth-order valence-electron chi connectivity index (χ4n) is 2.86. The largest absolute Gasteiger partial charge is 0.493 e. The molecule has 0 aliphatic heterocycles. The van der Waals surface area contributed by atoms with E-state index in [1.807, 2.05) is 24.3 Å². The molecule has 0 aliphatic carbocycles. The van der Waals surface area contributed by atoms with Gasteiger partial charge in [0.05, 0.1) is 26.9 Å². The van der Waals surface area contributed by atoms with Crippen molar-refractivity contribution in [2.75, 3.05) is 21.3 Å². The number of carbonyl (C=O) groups excluding carboxylic acids is 1. The number of hydrogen-bond acceptors (Lipinski definition) is 8. The van der Waals surface area contributed by atoms with Crippen LogP contribution in [0.1, 0.15) is 41.6 Å². The number of methoxy groups -OCH3 is 3. The van der Waals surface area contributed by atoms with Crippen LogP contribution in [0, 0.1) is 0 Å². The molecule has 0 amide bonds. The van der Waals surface area contributed by atoms with E-state index in [1.165, 1.54) is 39.0 Å². The topological polar surface area (TPSA) is 92.9 Å². The van der Waals surface area contributed by atoms with E-state index in [2.05, 4.69) is 24.0 Å². The molecule has 30 heavy (non-hydrogen) atoms. The zero-order valence-corrected chi connectivity index (χ0v) is 17.6. The Bertz CT molecular complexity index is 986. The molecule has 0 bridgehead atoms. The standard InChI is InChI=1S/C22H24N2O6/c1-13(2)14-6-8-15(9-7-14)21-23-19(30-24-21)12-29-22(25)16-10-17(26-3)20(28-5)18(11-16)27-4/h6-11,13H,12H2,1-5H3. The van der Waals surface area contributed by atoms with Gasteiger partial charge in [0, 0.05) is 5.56 Å². The minimum absolute atomic E-state index is 0.160. The summed E-state index contributed by atoms with van der Waals surface area (Å²) in [7, 11) is 4.43. The molecule has 0 aliphatic rings. The van der Waals surface area contributed by atoms with E-state index in [9.17, 15) is 4.79 Å². The van der Waals surface area contributed by atoms with Gasteiger partial charge in [-0.1, -0.05) is 43.3 Å². The van der Waals surface area contributed by atoms with Crippen molar-refractivity contribution in [2.45, 2.75) is 26.4 Å². The van der Waals surface area contributed by atoms with Crippen molar-refractivity contribution in [3.05, 3.63) is 53.4 Å². The molecule has 1 heterocycles. The Kier molecular flexibility index (Phi) is 6.56. The summed E-state index contributed by atoms with van der Waals surface area (Å²) in [5, 5.41) is 3.96. The first kappa shape index (κ1) is 21.2. The van der Waals surface area contributed by atoms with Gasteiger partial charge in [-0.05, 0) is 23.6 Å². The smallest absolute Gasteiger partial charge is 0.338 e. The maximum atomic E-state index is 12.5. The normalized spacial score (nSPS) is 10.7. The van der Waals surface area contributed by atoms with Crippen molar-refractivity contribution in [3.8, 4) is 28.6 Å². The van der Waals surface area contributed by atoms with Crippen molar-refractivity contribution in [1.29, 1.82) is 0 Å². The van der Waals surface area contributed by atoms with E-state index >= 15 is 0 Å². The second-order valence-electron chi connectivity index (χ2n) is 6.78. The van der Waals surface area contributed by atoms with Gasteiger partial charge in [0.25, 0.3) is 5.89 Å². The lowest BCUT2D eigenvalue weighted by atomic mass is 10.0. The Labute approximate surface area is 174 Å². The van der Waals surface area contributed by atoms with Crippen LogP contribution in [0.25, 0.3) is 11.4 Å². The third-order valence-corrected chi connectivity index (χ3v) is 4.53. The predicted molar refractivity (Wildman–Crippen MR) is 109 cm³/mol. The third-order valence-electron chi connectivity index (χ3n) is 4.53. The predicted octanol–water partition coefficient (Wildman–Crippen LogP) is 4.24. The highest BCUT2D eigenvalue weighted by atomic mass is 16.6. The molecule has 3 aromatic rings. The van der Waals surface area contributed by atoms with Gasteiger partial charge in [0.1, 0.15) is 0 Å². The Morgan fingerprint density at radius 3 is 2.17 bits per heavy atom. The average molecular weight is 412 g/mol. The molecule has 2 aromatic carbocycles. The molecule has 158 valence electrons. The van der Waals surface area contributed by atoms with E-state index in [-0.39, 0.29) is 18.1 Å². The number of carbonyl (C=O) groups is 1. The molecule has 8 nitrogen and oxygen atoms in total. The van der Waals surface area contributed by atoms with Crippen LogP contribution in [-0.2, 0) is 11.3 Å². The van der Waals surface area contributed by atoms with Crippen LogP contribution >= 0.6 is 0 Å². The minimum atomic E-state index is -0.588. The van der Waals surface area contributed by atoms with Crippen molar-refractivity contribution >= 4 is 5.97 Å². The average Bonchev–Trinajstić information content (AvgIpc) is 3.25. The molecule has 0 radical (unpaired) electrons. The summed E-state index contributed by atoms with van der Waals surface area (Å²) in [4.78, 5) is 16.8. The lowest BCUT2D eigenvalue weighted by Crippen LogP contribution is -2.07. The number of benzene rings is 2. The molecule has 0 saturated heterocycles. The molecule has 0 unspecified atom stereocenters. The molecular formula is C22H24N2O6. The third kappa shape index (κ3) is 4.53. The summed E-state index contributed by atoms with van der Waals surface area (Å²) in [6.45, 7) is 4.10. The minimum Gasteiger partial charge on any atom is -0.493 e. The van der Waals surface area contributed by atoms with Crippen molar-refractivity contribution in [3.63, 3.8) is 0 Å². The van der Waals surface area contributed by atoms with Crippen molar-refractivity contribution in [2.24, 2.45) is 0 Å². The Balaban J connectivity index is 1.70. The summed E-state index contributed by atoms with van der Waals surface area (Å²) in [6.07, 6.45) is 0. The van der Waals surface area contributed by atoms with Gasteiger partial charge in [-0.15, -0.1) is 0 Å². The van der Waals surface area contributed by atoms with Gasteiger partial charge in [0.15, 0.2) is 18.1 Å². The summed E-state index contributed by atoms with van der Waals surface area (Å²) in [5.41, 5.74) is 2.29. The Morgan fingerprint density at radius 2 is 1.63 bits per heavy atom. The maximum Gasteiger partial charge on any atom is 0.338 e. The molecule has 8 heteroatoms. The van der Waals surface area contributed by atoms with Crippen LogP contribution in [0.4, 0.5) is 0 Å². The molecule has 0 atom stereocenters. The van der Waals surface area contributed by atoms with Crippen molar-refractivity contribution < 1.29 is 28.3 Å². The van der Waals surface area contributed by atoms with Crippen LogP contribution in [-0.4, -0.2) is 37.4 Å². The van der Waals surface area contributed by atoms with E-state index in [0.717, 1.165) is 5.56 Å². The van der Waals surface area contributed by atoms with Gasteiger partial charge in [-0.2, -0.15) is 4.98 Å². The second kappa shape index (κ2) is 9.30. The first-order valence-corrected chi connectivity index (χ1v) is 9.36. The maximum absolute atomic E-state index is 12.5. The van der Waals surface area contributed by atoms with Crippen LogP contribution in [0.3, 0.4) is 0 Å². The van der Waals surface area contributed by atoms with E-state index in [4.69, 9.17) is 23.5 Å². The van der Waals surface area contributed by atoms with Crippen LogP contribution in [0.2, 0.25) is 0 Å². The quantitative estimate of drug-likeness (QED) is 0.507. The van der Waals surface area contributed by atoms with E-state index < -0.39 is 5.97 Å². The number of hydrogen-bond donors (Lipinski definition) is 0. The molecule has 3 rings (SSSR count).